The average Bonchev–Trinajstić information content (AvgIpc) is 2.39. The third-order valence-corrected chi connectivity index (χ3v) is 3.38. The van der Waals surface area contributed by atoms with Gasteiger partial charge in [-0.05, 0) is 26.0 Å². The van der Waals surface area contributed by atoms with Gasteiger partial charge in [0.2, 0.25) is 5.88 Å². The maximum Gasteiger partial charge on any atom is 0.218 e. The molecular formula is C13H14Cl2N2O2. The molecule has 0 spiro atoms. The highest BCUT2D eigenvalue weighted by molar-refractivity contribution is 6.44. The third kappa shape index (κ3) is 3.72. The largest absolute Gasteiger partial charge is 0.493 e. The molecule has 19 heavy (non-hydrogen) atoms. The van der Waals surface area contributed by atoms with E-state index in [4.69, 9.17) is 23.2 Å². The molecule has 6 heteroatoms. The van der Waals surface area contributed by atoms with E-state index in [-0.39, 0.29) is 11.5 Å². The van der Waals surface area contributed by atoms with Crippen molar-refractivity contribution < 1.29 is 9.90 Å². The van der Waals surface area contributed by atoms with E-state index in [0.29, 0.717) is 27.9 Å². The van der Waals surface area contributed by atoms with Gasteiger partial charge in [-0.15, -0.1) is 0 Å². The van der Waals surface area contributed by atoms with Crippen LogP contribution >= 0.6 is 23.2 Å². The van der Waals surface area contributed by atoms with E-state index in [9.17, 15) is 9.90 Å². The maximum atomic E-state index is 10.5. The summed E-state index contributed by atoms with van der Waals surface area (Å²) in [5, 5.41) is 10.4. The minimum atomic E-state index is -0.322. The van der Waals surface area contributed by atoms with E-state index < -0.39 is 0 Å². The first kappa shape index (κ1) is 15.5. The SMILES string of the molecule is C/C(=N/C(O)=C(/C)C=O)N(C)c1cccc(Cl)c1Cl. The molecule has 0 aliphatic rings. The van der Waals surface area contributed by atoms with Crippen molar-refractivity contribution in [3.63, 3.8) is 0 Å². The molecular weight excluding hydrogens is 287 g/mol. The standard InChI is InChI=1S/C13H14Cl2N2O2/c1-8(7-18)13(19)16-9(2)17(3)11-6-4-5-10(14)12(11)15/h4-7,19H,1-3H3/b13-8+,16-9-. The molecule has 0 amide bonds. The molecule has 102 valence electrons. The second kappa shape index (κ2) is 6.59. The number of allylic oxidation sites excluding steroid dienone is 1. The number of benzene rings is 1. The highest BCUT2D eigenvalue weighted by atomic mass is 35.5. The van der Waals surface area contributed by atoms with Crippen molar-refractivity contribution in [2.75, 3.05) is 11.9 Å². The average molecular weight is 301 g/mol. The van der Waals surface area contributed by atoms with Crippen LogP contribution in [0.5, 0.6) is 0 Å². The highest BCUT2D eigenvalue weighted by Crippen LogP contribution is 2.32. The van der Waals surface area contributed by atoms with Crippen LogP contribution in [0.25, 0.3) is 0 Å². The number of aliphatic imine (C=N–C) groups is 1. The second-order valence-corrected chi connectivity index (χ2v) is 4.70. The van der Waals surface area contributed by atoms with Gasteiger partial charge in [0.1, 0.15) is 5.84 Å². The number of carbonyl (C=O) groups is 1. The molecule has 0 radical (unpaired) electrons. The van der Waals surface area contributed by atoms with E-state index in [1.807, 2.05) is 0 Å². The second-order valence-electron chi connectivity index (χ2n) is 3.92. The molecule has 1 aromatic rings. The molecule has 4 nitrogen and oxygen atoms in total. The molecule has 0 unspecified atom stereocenters. The third-order valence-electron chi connectivity index (χ3n) is 2.58. The highest BCUT2D eigenvalue weighted by Gasteiger charge is 2.11. The summed E-state index contributed by atoms with van der Waals surface area (Å²) in [6.45, 7) is 3.16. The van der Waals surface area contributed by atoms with Crippen molar-refractivity contribution in [1.82, 2.24) is 0 Å². The molecule has 0 fully saturated rings. The zero-order valence-corrected chi connectivity index (χ0v) is 12.3. The van der Waals surface area contributed by atoms with Crippen LogP contribution in [0.1, 0.15) is 13.8 Å². The Kier molecular flexibility index (Phi) is 5.39. The zero-order chi connectivity index (χ0) is 14.6. The molecule has 0 aliphatic carbocycles. The lowest BCUT2D eigenvalue weighted by Crippen LogP contribution is -2.24. The number of halogens is 2. The summed E-state index contributed by atoms with van der Waals surface area (Å²) < 4.78 is 0. The summed E-state index contributed by atoms with van der Waals surface area (Å²) in [6, 6.07) is 5.22. The fraction of sp³-hybridized carbons (Fsp3) is 0.231. The van der Waals surface area contributed by atoms with Gasteiger partial charge in [-0.1, -0.05) is 29.3 Å². The predicted octanol–water partition coefficient (Wildman–Crippen LogP) is 3.84. The molecule has 1 aromatic carbocycles. The van der Waals surface area contributed by atoms with Gasteiger partial charge in [0.15, 0.2) is 6.29 Å². The Hall–Kier alpha value is -1.52. The number of nitrogens with zero attached hydrogens (tertiary/aromatic N) is 2. The molecule has 0 heterocycles. The van der Waals surface area contributed by atoms with Crippen LogP contribution in [-0.4, -0.2) is 24.3 Å². The minimum Gasteiger partial charge on any atom is -0.493 e. The van der Waals surface area contributed by atoms with Crippen molar-refractivity contribution in [2.24, 2.45) is 4.99 Å². The summed E-state index contributed by atoms with van der Waals surface area (Å²) in [5.41, 5.74) is 0.817. The lowest BCUT2D eigenvalue weighted by molar-refractivity contribution is -0.105. The van der Waals surface area contributed by atoms with E-state index in [0.717, 1.165) is 0 Å². The molecule has 1 rings (SSSR count). The number of aldehydes is 1. The summed E-state index contributed by atoms with van der Waals surface area (Å²) >= 11 is 12.0. The van der Waals surface area contributed by atoms with Crippen LogP contribution in [0.2, 0.25) is 10.0 Å². The summed E-state index contributed by atoms with van der Waals surface area (Å²) in [6.07, 6.45) is 0.540. The number of hydrogen-bond donors (Lipinski definition) is 1. The van der Waals surface area contributed by atoms with Crippen molar-refractivity contribution in [3.05, 3.63) is 39.7 Å². The predicted molar refractivity (Wildman–Crippen MR) is 79.4 cm³/mol. The Labute approximate surface area is 122 Å². The molecule has 0 aliphatic heterocycles. The first-order valence-corrected chi connectivity index (χ1v) is 6.22. The van der Waals surface area contributed by atoms with E-state index in [1.165, 1.54) is 6.92 Å². The molecule has 0 saturated carbocycles. The first-order chi connectivity index (χ1) is 8.88. The van der Waals surface area contributed by atoms with Gasteiger partial charge in [0.05, 0.1) is 21.3 Å². The lowest BCUT2D eigenvalue weighted by Gasteiger charge is -2.20. The Bertz CT molecular complexity index is 554. The van der Waals surface area contributed by atoms with Crippen molar-refractivity contribution in [1.29, 1.82) is 0 Å². The smallest absolute Gasteiger partial charge is 0.218 e. The number of rotatable bonds is 3. The fourth-order valence-corrected chi connectivity index (χ4v) is 1.72. The number of amidine groups is 1. The first-order valence-electron chi connectivity index (χ1n) is 5.46. The van der Waals surface area contributed by atoms with E-state index >= 15 is 0 Å². The van der Waals surface area contributed by atoms with Gasteiger partial charge in [0.25, 0.3) is 0 Å². The van der Waals surface area contributed by atoms with Crippen LogP contribution in [0, 0.1) is 0 Å². The summed E-state index contributed by atoms with van der Waals surface area (Å²) in [7, 11) is 1.74. The van der Waals surface area contributed by atoms with Crippen LogP contribution in [-0.2, 0) is 4.79 Å². The molecule has 0 saturated heterocycles. The summed E-state index contributed by atoms with van der Waals surface area (Å²) in [4.78, 5) is 16.1. The number of anilines is 1. The minimum absolute atomic E-state index is 0.157. The van der Waals surface area contributed by atoms with Gasteiger partial charge in [-0.25, -0.2) is 4.99 Å². The van der Waals surface area contributed by atoms with Crippen molar-refractivity contribution in [3.8, 4) is 0 Å². The number of carbonyl (C=O) groups excluding carboxylic acids is 1. The number of aliphatic hydroxyl groups is 1. The molecule has 1 N–H and O–H groups in total. The van der Waals surface area contributed by atoms with Crippen LogP contribution in [0.3, 0.4) is 0 Å². The Morgan fingerprint density at radius 1 is 1.37 bits per heavy atom. The van der Waals surface area contributed by atoms with Crippen molar-refractivity contribution in [2.45, 2.75) is 13.8 Å². The number of hydrogen-bond acceptors (Lipinski definition) is 3. The maximum absolute atomic E-state index is 10.5. The van der Waals surface area contributed by atoms with Crippen LogP contribution in [0.4, 0.5) is 5.69 Å². The quantitative estimate of drug-likeness (QED) is 0.303. The Balaban J connectivity index is 3.13. The number of aliphatic hydroxyl groups excluding tert-OH is 1. The van der Waals surface area contributed by atoms with Gasteiger partial charge < -0.3 is 10.0 Å². The fourth-order valence-electron chi connectivity index (χ4n) is 1.29. The Morgan fingerprint density at radius 2 is 2.00 bits per heavy atom. The monoisotopic (exact) mass is 300 g/mol. The van der Waals surface area contributed by atoms with Crippen LogP contribution < -0.4 is 4.90 Å². The van der Waals surface area contributed by atoms with Gasteiger partial charge in [-0.2, -0.15) is 0 Å². The lowest BCUT2D eigenvalue weighted by atomic mass is 10.3. The van der Waals surface area contributed by atoms with Crippen LogP contribution in [0.15, 0.2) is 34.6 Å². The van der Waals surface area contributed by atoms with Gasteiger partial charge in [-0.3, -0.25) is 4.79 Å². The van der Waals surface area contributed by atoms with E-state index in [2.05, 4.69) is 4.99 Å². The van der Waals surface area contributed by atoms with Crippen molar-refractivity contribution >= 4 is 41.0 Å². The Morgan fingerprint density at radius 3 is 2.58 bits per heavy atom. The zero-order valence-electron chi connectivity index (χ0n) is 10.8. The van der Waals surface area contributed by atoms with Gasteiger partial charge in [0, 0.05) is 7.05 Å². The van der Waals surface area contributed by atoms with Gasteiger partial charge >= 0.3 is 0 Å². The summed E-state index contributed by atoms with van der Waals surface area (Å²) in [5.74, 6) is 0.153. The molecule has 0 bridgehead atoms. The topological polar surface area (TPSA) is 52.9 Å². The normalized spacial score (nSPS) is 13.0. The van der Waals surface area contributed by atoms with E-state index in [1.54, 1.807) is 37.1 Å². The molecule has 0 atom stereocenters. The molecule has 0 aromatic heterocycles.